The number of H-pyrrole nitrogens is 1. The van der Waals surface area contributed by atoms with E-state index < -0.39 is 0 Å². The fourth-order valence-electron chi connectivity index (χ4n) is 0.686. The summed E-state index contributed by atoms with van der Waals surface area (Å²) in [7, 11) is 0. The average Bonchev–Trinajstić information content (AvgIpc) is 2.41. The first-order valence-corrected chi connectivity index (χ1v) is 3.37. The molecule has 0 amide bonds. The van der Waals surface area contributed by atoms with Crippen LogP contribution in [0.25, 0.3) is 6.08 Å². The standard InChI is InChI=1S/C8H11N2/c1-2-3-4-5-8-6-9-7-10-8/h4-7H,1-3H2,(H,9,10). The van der Waals surface area contributed by atoms with Crippen molar-refractivity contribution in [3.8, 4) is 0 Å². The third-order valence-electron chi connectivity index (χ3n) is 1.19. The Balaban J connectivity index is 2.40. The van der Waals surface area contributed by atoms with Crippen molar-refractivity contribution in [1.29, 1.82) is 0 Å². The molecule has 0 saturated carbocycles. The third-order valence-corrected chi connectivity index (χ3v) is 1.19. The average molecular weight is 135 g/mol. The number of unbranched alkanes of at least 4 members (excludes halogenated alkanes) is 1. The molecule has 0 atom stereocenters. The maximum Gasteiger partial charge on any atom is 0.0924 e. The largest absolute Gasteiger partial charge is 0.345 e. The first-order chi connectivity index (χ1) is 4.93. The molecule has 1 aromatic rings. The molecule has 0 unspecified atom stereocenters. The highest BCUT2D eigenvalue weighted by molar-refractivity contribution is 5.42. The van der Waals surface area contributed by atoms with Crippen LogP contribution in [-0.2, 0) is 0 Å². The van der Waals surface area contributed by atoms with Gasteiger partial charge >= 0.3 is 0 Å². The summed E-state index contributed by atoms with van der Waals surface area (Å²) in [6.07, 6.45) is 9.53. The van der Waals surface area contributed by atoms with Crippen LogP contribution in [0.3, 0.4) is 0 Å². The summed E-state index contributed by atoms with van der Waals surface area (Å²) in [5.41, 5.74) is 1.05. The summed E-state index contributed by atoms with van der Waals surface area (Å²) in [6, 6.07) is 0. The van der Waals surface area contributed by atoms with Crippen molar-refractivity contribution in [2.24, 2.45) is 0 Å². The van der Waals surface area contributed by atoms with Gasteiger partial charge in [0.15, 0.2) is 0 Å². The van der Waals surface area contributed by atoms with Gasteiger partial charge in [0.25, 0.3) is 0 Å². The van der Waals surface area contributed by atoms with Gasteiger partial charge in [-0.25, -0.2) is 4.98 Å². The summed E-state index contributed by atoms with van der Waals surface area (Å²) in [6.45, 7) is 3.73. The summed E-state index contributed by atoms with van der Waals surface area (Å²) in [5, 5.41) is 0. The van der Waals surface area contributed by atoms with E-state index >= 15 is 0 Å². The number of rotatable bonds is 3. The monoisotopic (exact) mass is 135 g/mol. The fraction of sp³-hybridized carbons (Fsp3) is 0.250. The lowest BCUT2D eigenvalue weighted by molar-refractivity contribution is 1.05. The highest BCUT2D eigenvalue weighted by Gasteiger charge is 1.82. The third kappa shape index (κ3) is 2.05. The van der Waals surface area contributed by atoms with Crippen molar-refractivity contribution in [2.75, 3.05) is 0 Å². The zero-order valence-electron chi connectivity index (χ0n) is 5.88. The van der Waals surface area contributed by atoms with Crippen molar-refractivity contribution in [3.05, 3.63) is 31.2 Å². The van der Waals surface area contributed by atoms with Crippen LogP contribution in [0.1, 0.15) is 18.5 Å². The minimum atomic E-state index is 0.949. The van der Waals surface area contributed by atoms with Crippen LogP contribution in [-0.4, -0.2) is 9.97 Å². The molecular weight excluding hydrogens is 124 g/mol. The zero-order chi connectivity index (χ0) is 7.23. The Morgan fingerprint density at radius 2 is 2.60 bits per heavy atom. The van der Waals surface area contributed by atoms with Gasteiger partial charge in [0.1, 0.15) is 0 Å². The highest BCUT2D eigenvalue weighted by Crippen LogP contribution is 1.96. The summed E-state index contributed by atoms with van der Waals surface area (Å²) >= 11 is 0. The maximum atomic E-state index is 3.88. The molecule has 0 bridgehead atoms. The molecular formula is C8H11N2. The maximum absolute atomic E-state index is 3.88. The molecule has 2 heteroatoms. The van der Waals surface area contributed by atoms with Crippen molar-refractivity contribution in [2.45, 2.75) is 12.8 Å². The number of aromatic amines is 1. The molecule has 0 spiro atoms. The number of allylic oxidation sites excluding steroid dienone is 1. The molecule has 1 heterocycles. The minimum Gasteiger partial charge on any atom is -0.345 e. The van der Waals surface area contributed by atoms with Gasteiger partial charge in [0, 0.05) is 0 Å². The van der Waals surface area contributed by atoms with Gasteiger partial charge in [-0.15, -0.1) is 0 Å². The molecule has 0 saturated heterocycles. The van der Waals surface area contributed by atoms with Gasteiger partial charge in [-0.1, -0.05) is 13.0 Å². The first kappa shape index (κ1) is 7.06. The van der Waals surface area contributed by atoms with Crippen LogP contribution >= 0.6 is 0 Å². The number of nitrogens with one attached hydrogen (secondary N) is 1. The Morgan fingerprint density at radius 1 is 1.70 bits per heavy atom. The Hall–Kier alpha value is -1.05. The van der Waals surface area contributed by atoms with Crippen LogP contribution in [0.15, 0.2) is 18.6 Å². The molecule has 0 aromatic carbocycles. The lowest BCUT2D eigenvalue weighted by atomic mass is 10.3. The van der Waals surface area contributed by atoms with Crippen LogP contribution in [0.2, 0.25) is 0 Å². The van der Waals surface area contributed by atoms with Crippen molar-refractivity contribution in [1.82, 2.24) is 9.97 Å². The molecule has 2 nitrogen and oxygen atoms in total. The van der Waals surface area contributed by atoms with Gasteiger partial charge < -0.3 is 4.98 Å². The normalized spacial score (nSPS) is 10.9. The predicted octanol–water partition coefficient (Wildman–Crippen LogP) is 2.04. The second-order valence-corrected chi connectivity index (χ2v) is 2.05. The van der Waals surface area contributed by atoms with E-state index in [1.54, 1.807) is 12.5 Å². The highest BCUT2D eigenvalue weighted by atomic mass is 14.8. The number of aromatic nitrogens is 2. The molecule has 1 radical (unpaired) electrons. The lowest BCUT2D eigenvalue weighted by Crippen LogP contribution is -1.67. The summed E-state index contributed by atoms with van der Waals surface area (Å²) in [5.74, 6) is 0. The number of hydrogen-bond acceptors (Lipinski definition) is 1. The topological polar surface area (TPSA) is 28.7 Å². The molecule has 53 valence electrons. The smallest absolute Gasteiger partial charge is 0.0924 e. The van der Waals surface area contributed by atoms with E-state index in [-0.39, 0.29) is 0 Å². The van der Waals surface area contributed by atoms with E-state index in [0.29, 0.717) is 0 Å². The predicted molar refractivity (Wildman–Crippen MR) is 42.2 cm³/mol. The second kappa shape index (κ2) is 3.88. The number of nitrogens with zero attached hydrogens (tertiary/aromatic N) is 1. The molecule has 10 heavy (non-hydrogen) atoms. The molecule has 0 aliphatic carbocycles. The van der Waals surface area contributed by atoms with Crippen LogP contribution < -0.4 is 0 Å². The van der Waals surface area contributed by atoms with E-state index in [0.717, 1.165) is 18.5 Å². The molecule has 1 N–H and O–H groups in total. The number of imidazole rings is 1. The molecule has 0 fully saturated rings. The van der Waals surface area contributed by atoms with Gasteiger partial charge in [0.2, 0.25) is 0 Å². The number of hydrogen-bond donors (Lipinski definition) is 1. The molecule has 1 aromatic heterocycles. The van der Waals surface area contributed by atoms with Crippen LogP contribution in [0, 0.1) is 6.92 Å². The zero-order valence-corrected chi connectivity index (χ0v) is 5.88. The van der Waals surface area contributed by atoms with Crippen molar-refractivity contribution < 1.29 is 0 Å². The summed E-state index contributed by atoms with van der Waals surface area (Å²) < 4.78 is 0. The van der Waals surface area contributed by atoms with Gasteiger partial charge in [0.05, 0.1) is 18.2 Å². The molecule has 1 rings (SSSR count). The quantitative estimate of drug-likeness (QED) is 0.675. The Bertz CT molecular complexity index is 187. The molecule has 0 aliphatic rings. The Labute approximate surface area is 61.0 Å². The lowest BCUT2D eigenvalue weighted by Gasteiger charge is -1.83. The van der Waals surface area contributed by atoms with E-state index in [9.17, 15) is 0 Å². The SMILES string of the molecule is [CH2]CCC=Cc1cnc[nH]1. The summed E-state index contributed by atoms with van der Waals surface area (Å²) in [4.78, 5) is 6.86. The van der Waals surface area contributed by atoms with Crippen molar-refractivity contribution >= 4 is 6.08 Å². The van der Waals surface area contributed by atoms with Crippen molar-refractivity contribution in [3.63, 3.8) is 0 Å². The van der Waals surface area contributed by atoms with Gasteiger partial charge in [-0.3, -0.25) is 0 Å². The van der Waals surface area contributed by atoms with E-state index in [4.69, 9.17) is 0 Å². The van der Waals surface area contributed by atoms with E-state index in [1.807, 2.05) is 6.08 Å². The Morgan fingerprint density at radius 3 is 3.20 bits per heavy atom. The second-order valence-electron chi connectivity index (χ2n) is 2.05. The Kier molecular flexibility index (Phi) is 2.74. The van der Waals surface area contributed by atoms with Crippen LogP contribution in [0.5, 0.6) is 0 Å². The van der Waals surface area contributed by atoms with Gasteiger partial charge in [-0.2, -0.15) is 0 Å². The minimum absolute atomic E-state index is 0.949. The molecule has 0 aliphatic heterocycles. The van der Waals surface area contributed by atoms with E-state index in [2.05, 4.69) is 23.0 Å². The fourth-order valence-corrected chi connectivity index (χ4v) is 0.686. The first-order valence-electron chi connectivity index (χ1n) is 3.37. The van der Waals surface area contributed by atoms with E-state index in [1.165, 1.54) is 0 Å². The van der Waals surface area contributed by atoms with Gasteiger partial charge in [-0.05, 0) is 18.9 Å². The van der Waals surface area contributed by atoms with Crippen LogP contribution in [0.4, 0.5) is 0 Å².